The molecule has 1 atom stereocenters. The minimum absolute atomic E-state index is 0.0663. The zero-order chi connectivity index (χ0) is 19.8. The van der Waals surface area contributed by atoms with Crippen LogP contribution < -0.4 is 10.0 Å². The summed E-state index contributed by atoms with van der Waals surface area (Å²) in [5.74, 6) is -0.217. The topological polar surface area (TPSA) is 102 Å². The number of anilines is 1. The standard InChI is InChI=1S/C18H27N3O5S/c1-13-11-21(12-18(2,3)26-13)17(22)15-10-14(27(19,23)24)4-5-16(15)20-6-8-25-9-7-20/h4-5,10,13H,6-9,11-12H2,1-3H3,(H2,19,23,24). The normalized spacial score (nSPS) is 23.3. The maximum Gasteiger partial charge on any atom is 0.256 e. The van der Waals surface area contributed by atoms with Crippen LogP contribution in [-0.2, 0) is 19.5 Å². The Morgan fingerprint density at radius 2 is 1.93 bits per heavy atom. The van der Waals surface area contributed by atoms with E-state index in [1.54, 1.807) is 11.0 Å². The number of nitrogens with two attached hydrogens (primary N) is 1. The average Bonchev–Trinajstić information content (AvgIpc) is 2.59. The van der Waals surface area contributed by atoms with Crippen LogP contribution in [0.2, 0.25) is 0 Å². The molecular weight excluding hydrogens is 370 g/mol. The summed E-state index contributed by atoms with van der Waals surface area (Å²) in [7, 11) is -3.91. The minimum Gasteiger partial charge on any atom is -0.378 e. The number of primary sulfonamides is 1. The molecule has 2 saturated heterocycles. The smallest absolute Gasteiger partial charge is 0.256 e. The molecule has 2 N–H and O–H groups in total. The van der Waals surface area contributed by atoms with Gasteiger partial charge in [-0.05, 0) is 39.0 Å². The van der Waals surface area contributed by atoms with Gasteiger partial charge in [-0.25, -0.2) is 13.6 Å². The highest BCUT2D eigenvalue weighted by atomic mass is 32.2. The second-order valence-corrected chi connectivity index (χ2v) is 9.26. The summed E-state index contributed by atoms with van der Waals surface area (Å²) in [5, 5.41) is 5.29. The zero-order valence-corrected chi connectivity index (χ0v) is 16.8. The van der Waals surface area contributed by atoms with Gasteiger partial charge in [0.05, 0.1) is 35.4 Å². The molecule has 1 unspecified atom stereocenters. The van der Waals surface area contributed by atoms with Crippen LogP contribution in [0.5, 0.6) is 0 Å². The fourth-order valence-corrected chi connectivity index (χ4v) is 4.26. The predicted molar refractivity (Wildman–Crippen MR) is 101 cm³/mol. The Kier molecular flexibility index (Phi) is 5.49. The molecular formula is C18H27N3O5S. The number of hydrogen-bond donors (Lipinski definition) is 1. The first kappa shape index (κ1) is 20.1. The summed E-state index contributed by atoms with van der Waals surface area (Å²) in [5.41, 5.74) is 0.574. The third kappa shape index (κ3) is 4.60. The number of rotatable bonds is 3. The third-order valence-electron chi connectivity index (χ3n) is 4.74. The van der Waals surface area contributed by atoms with Crippen LogP contribution in [0.3, 0.4) is 0 Å². The lowest BCUT2D eigenvalue weighted by atomic mass is 10.0. The van der Waals surface area contributed by atoms with Crippen molar-refractivity contribution in [2.75, 3.05) is 44.3 Å². The molecule has 1 aromatic rings. The van der Waals surface area contributed by atoms with E-state index in [-0.39, 0.29) is 16.9 Å². The Labute approximate surface area is 160 Å². The summed E-state index contributed by atoms with van der Waals surface area (Å²) < 4.78 is 34.9. The second-order valence-electron chi connectivity index (χ2n) is 7.70. The van der Waals surface area contributed by atoms with Gasteiger partial charge < -0.3 is 19.3 Å². The molecule has 150 valence electrons. The quantitative estimate of drug-likeness (QED) is 0.810. The number of sulfonamides is 1. The molecule has 0 aromatic heterocycles. The Morgan fingerprint density at radius 3 is 2.52 bits per heavy atom. The van der Waals surface area contributed by atoms with Gasteiger partial charge in [-0.15, -0.1) is 0 Å². The van der Waals surface area contributed by atoms with E-state index < -0.39 is 15.6 Å². The summed E-state index contributed by atoms with van der Waals surface area (Å²) in [6.07, 6.45) is -0.106. The molecule has 2 fully saturated rings. The van der Waals surface area contributed by atoms with Gasteiger partial charge in [0.1, 0.15) is 0 Å². The Balaban J connectivity index is 2.01. The predicted octanol–water partition coefficient (Wildman–Crippen LogP) is 0.810. The fraction of sp³-hybridized carbons (Fsp3) is 0.611. The van der Waals surface area contributed by atoms with E-state index in [1.807, 2.05) is 25.7 Å². The molecule has 0 radical (unpaired) electrons. The van der Waals surface area contributed by atoms with Crippen molar-refractivity contribution < 1.29 is 22.7 Å². The van der Waals surface area contributed by atoms with Gasteiger partial charge in [0.15, 0.2) is 0 Å². The summed E-state index contributed by atoms with van der Waals surface area (Å²) >= 11 is 0. The van der Waals surface area contributed by atoms with Gasteiger partial charge in [-0.3, -0.25) is 4.79 Å². The van der Waals surface area contributed by atoms with Crippen LogP contribution in [0.15, 0.2) is 23.1 Å². The molecule has 1 aromatic carbocycles. The molecule has 3 rings (SSSR count). The molecule has 9 heteroatoms. The van der Waals surface area contributed by atoms with E-state index in [2.05, 4.69) is 0 Å². The number of nitrogens with zero attached hydrogens (tertiary/aromatic N) is 2. The minimum atomic E-state index is -3.91. The van der Waals surface area contributed by atoms with Gasteiger partial charge in [-0.1, -0.05) is 0 Å². The van der Waals surface area contributed by atoms with Gasteiger partial charge in [-0.2, -0.15) is 0 Å². The number of hydrogen-bond acceptors (Lipinski definition) is 6. The van der Waals surface area contributed by atoms with Crippen LogP contribution in [0, 0.1) is 0 Å². The monoisotopic (exact) mass is 397 g/mol. The molecule has 0 spiro atoms. The molecule has 0 bridgehead atoms. The number of ether oxygens (including phenoxy) is 2. The summed E-state index contributed by atoms with van der Waals surface area (Å²) in [6.45, 7) is 9.07. The average molecular weight is 397 g/mol. The number of amides is 1. The number of carbonyl (C=O) groups is 1. The molecule has 27 heavy (non-hydrogen) atoms. The van der Waals surface area contributed by atoms with Crippen molar-refractivity contribution in [1.29, 1.82) is 0 Å². The van der Waals surface area contributed by atoms with E-state index in [0.717, 1.165) is 0 Å². The highest BCUT2D eigenvalue weighted by Crippen LogP contribution is 2.29. The van der Waals surface area contributed by atoms with Crippen LogP contribution in [0.1, 0.15) is 31.1 Å². The first-order valence-corrected chi connectivity index (χ1v) is 10.6. The largest absolute Gasteiger partial charge is 0.378 e. The van der Waals surface area contributed by atoms with Crippen LogP contribution >= 0.6 is 0 Å². The van der Waals surface area contributed by atoms with Crippen molar-refractivity contribution in [3.05, 3.63) is 23.8 Å². The molecule has 8 nitrogen and oxygen atoms in total. The maximum absolute atomic E-state index is 13.4. The maximum atomic E-state index is 13.4. The third-order valence-corrected chi connectivity index (χ3v) is 5.65. The van der Waals surface area contributed by atoms with Crippen molar-refractivity contribution in [2.45, 2.75) is 37.4 Å². The Bertz CT molecular complexity index is 818. The molecule has 0 saturated carbocycles. The highest BCUT2D eigenvalue weighted by Gasteiger charge is 2.35. The lowest BCUT2D eigenvalue weighted by molar-refractivity contribution is -0.118. The Morgan fingerprint density at radius 1 is 1.26 bits per heavy atom. The van der Waals surface area contributed by atoms with Crippen molar-refractivity contribution in [3.63, 3.8) is 0 Å². The van der Waals surface area contributed by atoms with Crippen LogP contribution in [0.4, 0.5) is 5.69 Å². The van der Waals surface area contributed by atoms with E-state index in [1.165, 1.54) is 12.1 Å². The molecule has 0 aliphatic carbocycles. The van der Waals surface area contributed by atoms with Crippen LogP contribution in [0.25, 0.3) is 0 Å². The molecule has 1 amide bonds. The number of carbonyl (C=O) groups excluding carboxylic acids is 1. The van der Waals surface area contributed by atoms with E-state index in [0.29, 0.717) is 50.6 Å². The molecule has 2 heterocycles. The van der Waals surface area contributed by atoms with Crippen LogP contribution in [-0.4, -0.2) is 70.3 Å². The van der Waals surface area contributed by atoms with Gasteiger partial charge >= 0.3 is 0 Å². The Hall–Kier alpha value is -1.68. The first-order chi connectivity index (χ1) is 12.6. The summed E-state index contributed by atoms with van der Waals surface area (Å²) in [6, 6.07) is 4.49. The van der Waals surface area contributed by atoms with Crippen molar-refractivity contribution in [1.82, 2.24) is 4.90 Å². The van der Waals surface area contributed by atoms with Crippen molar-refractivity contribution in [2.24, 2.45) is 5.14 Å². The van der Waals surface area contributed by atoms with Crippen molar-refractivity contribution in [3.8, 4) is 0 Å². The highest BCUT2D eigenvalue weighted by molar-refractivity contribution is 7.89. The first-order valence-electron chi connectivity index (χ1n) is 9.03. The zero-order valence-electron chi connectivity index (χ0n) is 16.0. The van der Waals surface area contributed by atoms with Gasteiger partial charge in [0, 0.05) is 31.9 Å². The lowest BCUT2D eigenvalue weighted by Gasteiger charge is -2.42. The summed E-state index contributed by atoms with van der Waals surface area (Å²) in [4.78, 5) is 17.0. The van der Waals surface area contributed by atoms with E-state index >= 15 is 0 Å². The SMILES string of the molecule is CC1CN(C(=O)c2cc(S(N)(=O)=O)ccc2N2CCOCC2)CC(C)(C)O1. The number of benzene rings is 1. The fourth-order valence-electron chi connectivity index (χ4n) is 3.72. The second kappa shape index (κ2) is 7.38. The number of morpholine rings is 2. The molecule has 2 aliphatic heterocycles. The molecule has 2 aliphatic rings. The van der Waals surface area contributed by atoms with Gasteiger partial charge in [0.25, 0.3) is 5.91 Å². The van der Waals surface area contributed by atoms with E-state index in [9.17, 15) is 13.2 Å². The van der Waals surface area contributed by atoms with E-state index in [4.69, 9.17) is 14.6 Å². The van der Waals surface area contributed by atoms with Crippen molar-refractivity contribution >= 4 is 21.6 Å². The lowest BCUT2D eigenvalue weighted by Crippen LogP contribution is -2.54. The van der Waals surface area contributed by atoms with Gasteiger partial charge in [0.2, 0.25) is 10.0 Å².